The van der Waals surface area contributed by atoms with Crippen LogP contribution in [0, 0.1) is 0 Å². The van der Waals surface area contributed by atoms with Crippen molar-refractivity contribution in [1.29, 1.82) is 0 Å². The molecule has 0 saturated carbocycles. The van der Waals surface area contributed by atoms with Crippen LogP contribution in [0.1, 0.15) is 22.7 Å². The van der Waals surface area contributed by atoms with E-state index in [-0.39, 0.29) is 24.2 Å². The molecule has 2 aliphatic rings. The molecule has 0 aliphatic carbocycles. The molecule has 43 heavy (non-hydrogen) atoms. The molecule has 5 rings (SSSR count). The number of likely N-dealkylation sites (tertiary alicyclic amines) is 1. The number of carboxylic acid groups (broad SMARTS) is 1. The van der Waals surface area contributed by atoms with E-state index in [1.54, 1.807) is 11.0 Å². The topological polar surface area (TPSA) is 110 Å². The summed E-state index contributed by atoms with van der Waals surface area (Å²) in [6.07, 6.45) is -1.23. The number of rotatable bonds is 9. The van der Waals surface area contributed by atoms with Gasteiger partial charge >= 0.3 is 6.09 Å². The summed E-state index contributed by atoms with van der Waals surface area (Å²) in [5.74, 6) is -0.376. The number of nitrogens with zero attached hydrogens (tertiary/aromatic N) is 3. The lowest BCUT2D eigenvalue weighted by molar-refractivity contribution is -0.130. The van der Waals surface area contributed by atoms with Crippen LogP contribution in [-0.4, -0.2) is 81.1 Å². The van der Waals surface area contributed by atoms with Crippen LogP contribution in [0.2, 0.25) is 10.0 Å². The van der Waals surface area contributed by atoms with Gasteiger partial charge in [0.25, 0.3) is 0 Å². The summed E-state index contributed by atoms with van der Waals surface area (Å²) < 4.78 is 26.4. The SMILES string of the molecule is O=C(O)NCC(=O)N1CCN(c2cccc(CS(=O)(=O)C=C3CN(C(c4ccc(Cl)cc4)c4ccc(Cl)cc4)C3)c2)CC1. The van der Waals surface area contributed by atoms with E-state index in [4.69, 9.17) is 28.3 Å². The Bertz CT molecular complexity index is 1550. The van der Waals surface area contributed by atoms with Gasteiger partial charge in [-0.2, -0.15) is 0 Å². The molecule has 2 heterocycles. The lowest BCUT2D eigenvalue weighted by Gasteiger charge is -2.41. The van der Waals surface area contributed by atoms with Crippen LogP contribution in [0.3, 0.4) is 0 Å². The van der Waals surface area contributed by atoms with Crippen molar-refractivity contribution in [3.8, 4) is 0 Å². The molecule has 2 aliphatic heterocycles. The molecule has 2 fully saturated rings. The molecular weight excluding hydrogens is 611 g/mol. The first-order valence-electron chi connectivity index (χ1n) is 13.8. The first-order chi connectivity index (χ1) is 20.6. The highest BCUT2D eigenvalue weighted by atomic mass is 35.5. The number of piperazine rings is 1. The molecule has 0 aromatic heterocycles. The van der Waals surface area contributed by atoms with Crippen molar-refractivity contribution in [2.45, 2.75) is 11.8 Å². The number of amides is 2. The maximum atomic E-state index is 13.2. The maximum absolute atomic E-state index is 13.2. The van der Waals surface area contributed by atoms with Crippen LogP contribution >= 0.6 is 23.2 Å². The molecule has 2 amide bonds. The Morgan fingerprint density at radius 3 is 2.02 bits per heavy atom. The van der Waals surface area contributed by atoms with E-state index < -0.39 is 15.9 Å². The fourth-order valence-electron chi connectivity index (χ4n) is 5.48. The van der Waals surface area contributed by atoms with Gasteiger partial charge in [0.05, 0.1) is 11.8 Å². The molecule has 0 bridgehead atoms. The minimum atomic E-state index is -3.52. The number of hydrogen-bond acceptors (Lipinski definition) is 6. The largest absolute Gasteiger partial charge is 0.465 e. The zero-order valence-corrected chi connectivity index (χ0v) is 25.7. The third kappa shape index (κ3) is 8.08. The summed E-state index contributed by atoms with van der Waals surface area (Å²) in [4.78, 5) is 28.8. The lowest BCUT2D eigenvalue weighted by Crippen LogP contribution is -2.51. The summed E-state index contributed by atoms with van der Waals surface area (Å²) in [6.45, 7) is 2.85. The Balaban J connectivity index is 1.21. The third-order valence-electron chi connectivity index (χ3n) is 7.56. The Morgan fingerprint density at radius 2 is 1.47 bits per heavy atom. The second kappa shape index (κ2) is 13.4. The number of carbonyl (C=O) groups excluding carboxylic acids is 1. The highest BCUT2D eigenvalue weighted by Gasteiger charge is 2.31. The number of anilines is 1. The van der Waals surface area contributed by atoms with Crippen molar-refractivity contribution < 1.29 is 23.1 Å². The van der Waals surface area contributed by atoms with Crippen molar-refractivity contribution in [3.05, 3.63) is 111 Å². The number of benzene rings is 3. The van der Waals surface area contributed by atoms with Crippen molar-refractivity contribution in [1.82, 2.24) is 15.1 Å². The van der Waals surface area contributed by atoms with Crippen LogP contribution in [0.5, 0.6) is 0 Å². The van der Waals surface area contributed by atoms with Crippen molar-refractivity contribution in [2.75, 3.05) is 50.7 Å². The monoisotopic (exact) mass is 642 g/mol. The van der Waals surface area contributed by atoms with Crippen molar-refractivity contribution in [2.24, 2.45) is 0 Å². The average molecular weight is 644 g/mol. The molecule has 0 spiro atoms. The number of hydrogen-bond donors (Lipinski definition) is 2. The van der Waals surface area contributed by atoms with Gasteiger partial charge in [-0.25, -0.2) is 13.2 Å². The van der Waals surface area contributed by atoms with E-state index in [9.17, 15) is 18.0 Å². The van der Waals surface area contributed by atoms with Gasteiger partial charge in [0.2, 0.25) is 5.91 Å². The van der Waals surface area contributed by atoms with Crippen LogP contribution in [-0.2, 0) is 20.4 Å². The molecular formula is C31H32Cl2N4O5S. The fourth-order valence-corrected chi connectivity index (χ4v) is 7.12. The molecule has 0 atom stereocenters. The van der Waals surface area contributed by atoms with Crippen molar-refractivity contribution >= 4 is 50.7 Å². The van der Waals surface area contributed by atoms with Gasteiger partial charge in [-0.1, -0.05) is 59.6 Å². The zero-order chi connectivity index (χ0) is 30.6. The summed E-state index contributed by atoms with van der Waals surface area (Å²) in [5.41, 5.74) is 4.55. The van der Waals surface area contributed by atoms with Gasteiger partial charge in [-0.3, -0.25) is 9.69 Å². The minimum Gasteiger partial charge on any atom is -0.465 e. The molecule has 2 N–H and O–H groups in total. The normalized spacial score (nSPS) is 15.7. The Morgan fingerprint density at radius 1 is 0.884 bits per heavy atom. The van der Waals surface area contributed by atoms with E-state index in [1.807, 2.05) is 66.7 Å². The second-order valence-electron chi connectivity index (χ2n) is 10.7. The quantitative estimate of drug-likeness (QED) is 0.345. The van der Waals surface area contributed by atoms with Gasteiger partial charge in [-0.05, 0) is 58.7 Å². The van der Waals surface area contributed by atoms with Crippen molar-refractivity contribution in [3.63, 3.8) is 0 Å². The number of carbonyl (C=O) groups is 2. The van der Waals surface area contributed by atoms with Gasteiger partial charge in [0.1, 0.15) is 6.54 Å². The van der Waals surface area contributed by atoms with Crippen LogP contribution < -0.4 is 10.2 Å². The predicted octanol–water partition coefficient (Wildman–Crippen LogP) is 4.81. The van der Waals surface area contributed by atoms with E-state index in [0.29, 0.717) is 54.9 Å². The molecule has 0 radical (unpaired) electrons. The Hall–Kier alpha value is -3.57. The van der Waals surface area contributed by atoms with Gasteiger partial charge in [-0.15, -0.1) is 0 Å². The zero-order valence-electron chi connectivity index (χ0n) is 23.3. The van der Waals surface area contributed by atoms with E-state index in [0.717, 1.165) is 22.4 Å². The molecule has 2 saturated heterocycles. The minimum absolute atomic E-state index is 0.0599. The van der Waals surface area contributed by atoms with Crippen LogP contribution in [0.25, 0.3) is 0 Å². The fraction of sp³-hybridized carbons (Fsp3) is 0.290. The van der Waals surface area contributed by atoms with Gasteiger partial charge in [0.15, 0.2) is 9.84 Å². The Labute approximate surface area is 261 Å². The smallest absolute Gasteiger partial charge is 0.405 e. The van der Waals surface area contributed by atoms with Crippen LogP contribution in [0.15, 0.2) is 83.8 Å². The predicted molar refractivity (Wildman–Crippen MR) is 168 cm³/mol. The van der Waals surface area contributed by atoms with E-state index in [1.165, 1.54) is 5.41 Å². The summed E-state index contributed by atoms with van der Waals surface area (Å²) in [5, 5.41) is 13.5. The number of sulfone groups is 1. The summed E-state index contributed by atoms with van der Waals surface area (Å²) >= 11 is 12.2. The highest BCUT2D eigenvalue weighted by Crippen LogP contribution is 2.35. The highest BCUT2D eigenvalue weighted by molar-refractivity contribution is 7.93. The van der Waals surface area contributed by atoms with E-state index >= 15 is 0 Å². The molecule has 12 heteroatoms. The molecule has 9 nitrogen and oxygen atoms in total. The summed E-state index contributed by atoms with van der Waals surface area (Å²) in [7, 11) is -3.52. The molecule has 226 valence electrons. The second-order valence-corrected chi connectivity index (χ2v) is 13.4. The summed E-state index contributed by atoms with van der Waals surface area (Å²) in [6, 6.07) is 22.8. The molecule has 0 unspecified atom stereocenters. The van der Waals surface area contributed by atoms with Gasteiger partial charge in [0, 0.05) is 60.4 Å². The maximum Gasteiger partial charge on any atom is 0.405 e. The van der Waals surface area contributed by atoms with E-state index in [2.05, 4.69) is 15.1 Å². The standard InChI is InChI=1S/C31H32Cl2N4O5S/c32-26-8-4-24(5-9-26)30(25-6-10-27(33)11-7-25)37-18-23(19-37)21-43(41,42)20-22-2-1-3-28(16-22)35-12-14-36(15-13-35)29(38)17-34-31(39)40/h1-11,16,21,30,34H,12-15,17-20H2,(H,39,40). The number of nitrogens with one attached hydrogen (secondary N) is 1. The molecule has 3 aromatic carbocycles. The molecule has 3 aromatic rings. The van der Waals surface area contributed by atoms with Gasteiger partial charge < -0.3 is 20.2 Å². The Kier molecular flexibility index (Phi) is 9.61. The third-order valence-corrected chi connectivity index (χ3v) is 9.49. The first kappa shape index (κ1) is 30.9. The lowest BCUT2D eigenvalue weighted by atomic mass is 9.93. The number of halogens is 2. The van der Waals surface area contributed by atoms with Crippen LogP contribution in [0.4, 0.5) is 10.5 Å². The average Bonchev–Trinajstić information content (AvgIpc) is 2.96. The first-order valence-corrected chi connectivity index (χ1v) is 16.3.